The van der Waals surface area contributed by atoms with Crippen molar-refractivity contribution in [3.8, 4) is 0 Å². The molecular formula is C19H24Cl2N2O3. The maximum Gasteiger partial charge on any atom is 0.317 e. The van der Waals surface area contributed by atoms with Crippen molar-refractivity contribution in [1.29, 1.82) is 0 Å². The van der Waals surface area contributed by atoms with Crippen LogP contribution in [0.5, 0.6) is 0 Å². The van der Waals surface area contributed by atoms with E-state index in [0.29, 0.717) is 16.6 Å². The third-order valence-electron chi connectivity index (χ3n) is 5.44. The molecule has 1 aliphatic carbocycles. The van der Waals surface area contributed by atoms with E-state index in [4.69, 9.17) is 28.3 Å². The Morgan fingerprint density at radius 2 is 1.88 bits per heavy atom. The summed E-state index contributed by atoms with van der Waals surface area (Å²) in [5, 5.41) is 10.2. The summed E-state index contributed by atoms with van der Waals surface area (Å²) in [6.07, 6.45) is 3.48. The molecule has 1 amide bonds. The summed E-state index contributed by atoms with van der Waals surface area (Å²) in [7, 11) is 1.84. The van der Waals surface area contributed by atoms with Gasteiger partial charge in [0.25, 0.3) is 0 Å². The van der Waals surface area contributed by atoms with Crippen molar-refractivity contribution >= 4 is 35.1 Å². The molecule has 0 aromatic heterocycles. The SMILES string of the molecule is CN(CC(=O)O)C1CCCN(C(=O)C2CC2c2cc(Cl)cc(Cl)c2)CC1. The van der Waals surface area contributed by atoms with Gasteiger partial charge in [-0.15, -0.1) is 0 Å². The zero-order chi connectivity index (χ0) is 18.8. The normalized spacial score (nSPS) is 25.8. The van der Waals surface area contributed by atoms with Gasteiger partial charge in [-0.2, -0.15) is 0 Å². The number of benzene rings is 1. The number of carboxylic acid groups (broad SMARTS) is 1. The number of carbonyl (C=O) groups excluding carboxylic acids is 1. The van der Waals surface area contributed by atoms with E-state index in [1.807, 2.05) is 29.0 Å². The molecule has 0 radical (unpaired) electrons. The first kappa shape index (κ1) is 19.5. The van der Waals surface area contributed by atoms with Crippen LogP contribution in [0.1, 0.15) is 37.2 Å². The average molecular weight is 399 g/mol. The highest BCUT2D eigenvalue weighted by Crippen LogP contribution is 2.49. The predicted octanol–water partition coefficient (Wildman–Crippen LogP) is 3.49. The highest BCUT2D eigenvalue weighted by Gasteiger charge is 2.46. The molecule has 26 heavy (non-hydrogen) atoms. The zero-order valence-electron chi connectivity index (χ0n) is 14.8. The first-order valence-corrected chi connectivity index (χ1v) is 9.77. The Bertz CT molecular complexity index is 677. The molecule has 1 saturated heterocycles. The minimum Gasteiger partial charge on any atom is -0.480 e. The van der Waals surface area contributed by atoms with Crippen LogP contribution >= 0.6 is 23.2 Å². The molecule has 1 aliphatic heterocycles. The topological polar surface area (TPSA) is 60.9 Å². The van der Waals surface area contributed by atoms with Crippen LogP contribution in [0.25, 0.3) is 0 Å². The molecule has 1 heterocycles. The van der Waals surface area contributed by atoms with Gasteiger partial charge >= 0.3 is 5.97 Å². The smallest absolute Gasteiger partial charge is 0.317 e. The van der Waals surface area contributed by atoms with E-state index < -0.39 is 5.97 Å². The lowest BCUT2D eigenvalue weighted by molar-refractivity contribution is -0.138. The van der Waals surface area contributed by atoms with Crippen molar-refractivity contribution in [2.75, 3.05) is 26.7 Å². The molecule has 142 valence electrons. The molecule has 1 aromatic rings. The molecule has 1 saturated carbocycles. The Morgan fingerprint density at radius 3 is 2.54 bits per heavy atom. The van der Waals surface area contributed by atoms with Crippen molar-refractivity contribution in [1.82, 2.24) is 9.80 Å². The highest BCUT2D eigenvalue weighted by molar-refractivity contribution is 6.34. The summed E-state index contributed by atoms with van der Waals surface area (Å²) in [4.78, 5) is 27.6. The van der Waals surface area contributed by atoms with E-state index >= 15 is 0 Å². The van der Waals surface area contributed by atoms with E-state index in [-0.39, 0.29) is 30.3 Å². The third-order valence-corrected chi connectivity index (χ3v) is 5.87. The Balaban J connectivity index is 1.57. The monoisotopic (exact) mass is 398 g/mol. The molecule has 3 rings (SSSR count). The van der Waals surface area contributed by atoms with E-state index in [1.165, 1.54) is 0 Å². The van der Waals surface area contributed by atoms with Crippen molar-refractivity contribution in [2.24, 2.45) is 5.92 Å². The van der Waals surface area contributed by atoms with Gasteiger partial charge in [-0.05, 0) is 62.4 Å². The van der Waals surface area contributed by atoms with Crippen LogP contribution in [0, 0.1) is 5.92 Å². The van der Waals surface area contributed by atoms with Crippen molar-refractivity contribution in [3.63, 3.8) is 0 Å². The van der Waals surface area contributed by atoms with E-state index in [0.717, 1.165) is 37.8 Å². The van der Waals surface area contributed by atoms with Gasteiger partial charge in [0.2, 0.25) is 5.91 Å². The summed E-state index contributed by atoms with van der Waals surface area (Å²) in [6, 6.07) is 5.70. The van der Waals surface area contributed by atoms with Crippen LogP contribution in [0.3, 0.4) is 0 Å². The first-order chi connectivity index (χ1) is 12.3. The highest BCUT2D eigenvalue weighted by atomic mass is 35.5. The number of aliphatic carboxylic acids is 1. The average Bonchev–Trinajstić information content (AvgIpc) is 3.36. The third kappa shape index (κ3) is 4.70. The van der Waals surface area contributed by atoms with Crippen LogP contribution < -0.4 is 0 Å². The minimum absolute atomic E-state index is 0.0119. The number of likely N-dealkylation sites (N-methyl/N-ethyl adjacent to an activating group) is 1. The van der Waals surface area contributed by atoms with Gasteiger partial charge in [-0.25, -0.2) is 0 Å². The van der Waals surface area contributed by atoms with E-state index in [2.05, 4.69) is 0 Å². The zero-order valence-corrected chi connectivity index (χ0v) is 16.3. The maximum atomic E-state index is 12.9. The predicted molar refractivity (Wildman–Crippen MR) is 102 cm³/mol. The Kier molecular flexibility index (Phi) is 6.10. The molecular weight excluding hydrogens is 375 g/mol. The number of carbonyl (C=O) groups is 2. The molecule has 1 aromatic carbocycles. The number of rotatable bonds is 5. The van der Waals surface area contributed by atoms with Crippen LogP contribution in [0.2, 0.25) is 10.0 Å². The largest absolute Gasteiger partial charge is 0.480 e. The number of hydrogen-bond donors (Lipinski definition) is 1. The number of carboxylic acids is 1. The summed E-state index contributed by atoms with van der Waals surface area (Å²) in [5.74, 6) is -0.399. The lowest BCUT2D eigenvalue weighted by Gasteiger charge is -2.25. The fourth-order valence-electron chi connectivity index (χ4n) is 3.94. The fourth-order valence-corrected chi connectivity index (χ4v) is 4.49. The Hall–Kier alpha value is -1.30. The van der Waals surface area contributed by atoms with Crippen LogP contribution in [0.15, 0.2) is 18.2 Å². The number of halogens is 2. The van der Waals surface area contributed by atoms with Crippen molar-refractivity contribution < 1.29 is 14.7 Å². The summed E-state index contributed by atoms with van der Waals surface area (Å²) < 4.78 is 0. The van der Waals surface area contributed by atoms with Gasteiger partial charge in [-0.3, -0.25) is 14.5 Å². The fraction of sp³-hybridized carbons (Fsp3) is 0.579. The van der Waals surface area contributed by atoms with E-state index in [9.17, 15) is 9.59 Å². The van der Waals surface area contributed by atoms with Gasteiger partial charge in [0.1, 0.15) is 0 Å². The standard InChI is InChI=1S/C19H24Cl2N2O3/c1-22(11-18(24)25)15-3-2-5-23(6-4-15)19(26)17-10-16(17)12-7-13(20)9-14(21)8-12/h7-9,15-17H,2-6,10-11H2,1H3,(H,24,25). The molecule has 3 unspecified atom stereocenters. The van der Waals surface area contributed by atoms with Crippen LogP contribution in [0.4, 0.5) is 0 Å². The second-order valence-corrected chi connectivity index (χ2v) is 8.24. The van der Waals surface area contributed by atoms with Crippen LogP contribution in [-0.2, 0) is 9.59 Å². The number of nitrogens with zero attached hydrogens (tertiary/aromatic N) is 2. The lowest BCUT2D eigenvalue weighted by atomic mass is 10.1. The van der Waals surface area contributed by atoms with Gasteiger partial charge in [0.15, 0.2) is 0 Å². The maximum absolute atomic E-state index is 12.9. The lowest BCUT2D eigenvalue weighted by Crippen LogP contribution is -2.37. The van der Waals surface area contributed by atoms with Gasteiger partial charge in [0.05, 0.1) is 6.54 Å². The first-order valence-electron chi connectivity index (χ1n) is 9.02. The molecule has 5 nitrogen and oxygen atoms in total. The molecule has 0 bridgehead atoms. The number of hydrogen-bond acceptors (Lipinski definition) is 3. The molecule has 2 fully saturated rings. The van der Waals surface area contributed by atoms with E-state index in [1.54, 1.807) is 6.07 Å². The molecule has 1 N–H and O–H groups in total. The molecule has 7 heteroatoms. The Labute approximate surface area is 163 Å². The quantitative estimate of drug-likeness (QED) is 0.824. The second kappa shape index (κ2) is 8.15. The summed E-state index contributed by atoms with van der Waals surface area (Å²) >= 11 is 12.1. The number of amides is 1. The van der Waals surface area contributed by atoms with Gasteiger partial charge in [0, 0.05) is 35.1 Å². The molecule has 2 aliphatic rings. The molecule has 3 atom stereocenters. The van der Waals surface area contributed by atoms with Gasteiger partial charge in [-0.1, -0.05) is 23.2 Å². The van der Waals surface area contributed by atoms with Crippen molar-refractivity contribution in [2.45, 2.75) is 37.6 Å². The summed E-state index contributed by atoms with van der Waals surface area (Å²) in [6.45, 7) is 1.47. The van der Waals surface area contributed by atoms with Crippen LogP contribution in [-0.4, -0.2) is 59.5 Å². The number of likely N-dealkylation sites (tertiary alicyclic amines) is 1. The van der Waals surface area contributed by atoms with Crippen molar-refractivity contribution in [3.05, 3.63) is 33.8 Å². The molecule has 0 spiro atoms. The minimum atomic E-state index is -0.814. The van der Waals surface area contributed by atoms with Gasteiger partial charge < -0.3 is 10.0 Å². The Morgan fingerprint density at radius 1 is 1.19 bits per heavy atom. The second-order valence-electron chi connectivity index (χ2n) is 7.37. The summed E-state index contributed by atoms with van der Waals surface area (Å²) in [5.41, 5.74) is 1.04.